The minimum atomic E-state index is -3.85. The van der Waals surface area contributed by atoms with Crippen LogP contribution in [-0.2, 0) is 14.8 Å². The highest BCUT2D eigenvalue weighted by Crippen LogP contribution is 2.26. The fourth-order valence-electron chi connectivity index (χ4n) is 2.11. The maximum atomic E-state index is 12.3. The molecule has 2 heterocycles. The van der Waals surface area contributed by atoms with Crippen molar-refractivity contribution in [2.75, 3.05) is 6.54 Å². The average molecular weight is 273 g/mol. The van der Waals surface area contributed by atoms with Crippen LogP contribution >= 0.6 is 0 Å². The molecule has 1 aromatic heterocycles. The van der Waals surface area contributed by atoms with Crippen LogP contribution in [0.5, 0.6) is 0 Å². The topological polar surface area (TPSA) is 87.8 Å². The van der Waals surface area contributed by atoms with Crippen LogP contribution < -0.4 is 0 Å². The Kier molecular flexibility index (Phi) is 3.45. The van der Waals surface area contributed by atoms with Crippen LogP contribution in [0, 0.1) is 6.92 Å². The second-order valence-electron chi connectivity index (χ2n) is 4.33. The molecule has 0 spiro atoms. The summed E-state index contributed by atoms with van der Waals surface area (Å²) in [5, 5.41) is 8.90. The highest BCUT2D eigenvalue weighted by Gasteiger charge is 2.39. The van der Waals surface area contributed by atoms with Crippen molar-refractivity contribution in [3.8, 4) is 0 Å². The predicted octanol–water partition coefficient (Wildman–Crippen LogP) is 1.22. The summed E-state index contributed by atoms with van der Waals surface area (Å²) in [7, 11) is -3.85. The van der Waals surface area contributed by atoms with Gasteiger partial charge in [-0.3, -0.25) is 4.79 Å². The number of carboxylic acids is 1. The zero-order valence-electron chi connectivity index (χ0n) is 10.00. The van der Waals surface area contributed by atoms with E-state index in [4.69, 9.17) is 9.52 Å². The molecule has 0 aliphatic carbocycles. The van der Waals surface area contributed by atoms with E-state index in [0.29, 0.717) is 18.6 Å². The van der Waals surface area contributed by atoms with Gasteiger partial charge in [-0.05, 0) is 38.3 Å². The zero-order valence-corrected chi connectivity index (χ0v) is 10.8. The standard InChI is InChI=1S/C11H15NO5S/c1-8-5-6-10(17-8)18(15,16)12-7-3-2-4-9(12)11(13)14/h5-6,9H,2-4,7H2,1H3,(H,13,14). The Hall–Kier alpha value is -1.34. The van der Waals surface area contributed by atoms with Gasteiger partial charge in [-0.2, -0.15) is 4.31 Å². The van der Waals surface area contributed by atoms with Crippen LogP contribution in [-0.4, -0.2) is 36.4 Å². The summed E-state index contributed by atoms with van der Waals surface area (Å²) in [5.41, 5.74) is 0. The lowest BCUT2D eigenvalue weighted by molar-refractivity contribution is -0.142. The fourth-order valence-corrected chi connectivity index (χ4v) is 3.71. The van der Waals surface area contributed by atoms with Gasteiger partial charge in [-0.15, -0.1) is 0 Å². The van der Waals surface area contributed by atoms with Gasteiger partial charge >= 0.3 is 5.97 Å². The van der Waals surface area contributed by atoms with E-state index in [9.17, 15) is 13.2 Å². The monoisotopic (exact) mass is 273 g/mol. The molecule has 0 saturated carbocycles. The van der Waals surface area contributed by atoms with E-state index in [1.807, 2.05) is 0 Å². The third kappa shape index (κ3) is 2.28. The molecule has 1 aliphatic heterocycles. The number of hydrogen-bond acceptors (Lipinski definition) is 4. The highest BCUT2D eigenvalue weighted by atomic mass is 32.2. The van der Waals surface area contributed by atoms with Gasteiger partial charge in [0.1, 0.15) is 11.8 Å². The second-order valence-corrected chi connectivity index (χ2v) is 6.15. The van der Waals surface area contributed by atoms with E-state index in [1.54, 1.807) is 13.0 Å². The maximum Gasteiger partial charge on any atom is 0.322 e. The van der Waals surface area contributed by atoms with Gasteiger partial charge in [-0.1, -0.05) is 0 Å². The molecule has 7 heteroatoms. The van der Waals surface area contributed by atoms with Crippen molar-refractivity contribution in [1.82, 2.24) is 4.31 Å². The summed E-state index contributed by atoms with van der Waals surface area (Å²) < 4.78 is 30.7. The van der Waals surface area contributed by atoms with Crippen LogP contribution in [0.1, 0.15) is 25.0 Å². The van der Waals surface area contributed by atoms with E-state index in [2.05, 4.69) is 0 Å². The lowest BCUT2D eigenvalue weighted by Crippen LogP contribution is -2.47. The molecule has 1 atom stereocenters. The van der Waals surface area contributed by atoms with Gasteiger partial charge in [0.15, 0.2) is 0 Å². The summed E-state index contributed by atoms with van der Waals surface area (Å²) in [4.78, 5) is 11.1. The zero-order chi connectivity index (χ0) is 13.3. The summed E-state index contributed by atoms with van der Waals surface area (Å²) >= 11 is 0. The Bertz CT molecular complexity index is 548. The third-order valence-electron chi connectivity index (χ3n) is 3.02. The van der Waals surface area contributed by atoms with Gasteiger partial charge in [0.2, 0.25) is 5.09 Å². The molecule has 1 aliphatic rings. The van der Waals surface area contributed by atoms with Gasteiger partial charge in [0.05, 0.1) is 0 Å². The average Bonchev–Trinajstić information content (AvgIpc) is 2.76. The van der Waals surface area contributed by atoms with E-state index in [0.717, 1.165) is 10.7 Å². The largest absolute Gasteiger partial charge is 0.480 e. The molecule has 1 fully saturated rings. The summed E-state index contributed by atoms with van der Waals surface area (Å²) in [6, 6.07) is 1.92. The van der Waals surface area contributed by atoms with Crippen molar-refractivity contribution in [1.29, 1.82) is 0 Å². The van der Waals surface area contributed by atoms with Crippen molar-refractivity contribution in [2.24, 2.45) is 0 Å². The molecular weight excluding hydrogens is 258 g/mol. The lowest BCUT2D eigenvalue weighted by atomic mass is 10.1. The van der Waals surface area contributed by atoms with Crippen molar-refractivity contribution in [2.45, 2.75) is 37.3 Å². The first-order chi connectivity index (χ1) is 8.43. The lowest BCUT2D eigenvalue weighted by Gasteiger charge is -2.30. The second kappa shape index (κ2) is 4.74. The van der Waals surface area contributed by atoms with Crippen LogP contribution in [0.2, 0.25) is 0 Å². The molecule has 100 valence electrons. The van der Waals surface area contributed by atoms with Gasteiger partial charge in [0, 0.05) is 6.54 Å². The minimum absolute atomic E-state index is 0.187. The molecule has 0 radical (unpaired) electrons. The van der Waals surface area contributed by atoms with Crippen molar-refractivity contribution >= 4 is 16.0 Å². The first-order valence-electron chi connectivity index (χ1n) is 5.74. The molecule has 1 aromatic rings. The molecule has 1 N–H and O–H groups in total. The van der Waals surface area contributed by atoms with Crippen LogP contribution in [0.15, 0.2) is 21.6 Å². The SMILES string of the molecule is Cc1ccc(S(=O)(=O)N2CCCCC2C(=O)O)o1. The molecule has 0 amide bonds. The van der Waals surface area contributed by atoms with Gasteiger partial charge in [-0.25, -0.2) is 8.42 Å². The van der Waals surface area contributed by atoms with E-state index < -0.39 is 22.0 Å². The Balaban J connectivity index is 2.36. The van der Waals surface area contributed by atoms with Crippen molar-refractivity contribution < 1.29 is 22.7 Å². The molecule has 1 unspecified atom stereocenters. The predicted molar refractivity (Wildman–Crippen MR) is 62.6 cm³/mol. The fraction of sp³-hybridized carbons (Fsp3) is 0.545. The number of carbonyl (C=O) groups is 1. The molecular formula is C11H15NO5S. The number of hydrogen-bond donors (Lipinski definition) is 1. The number of piperidine rings is 1. The molecule has 2 rings (SSSR count). The summed E-state index contributed by atoms with van der Waals surface area (Å²) in [6.07, 6.45) is 1.73. The number of aryl methyl sites for hydroxylation is 1. The van der Waals surface area contributed by atoms with Gasteiger partial charge < -0.3 is 9.52 Å². The van der Waals surface area contributed by atoms with Crippen LogP contribution in [0.4, 0.5) is 0 Å². The van der Waals surface area contributed by atoms with E-state index >= 15 is 0 Å². The smallest absolute Gasteiger partial charge is 0.322 e. The number of rotatable bonds is 3. The number of sulfonamides is 1. The summed E-state index contributed by atoms with van der Waals surface area (Å²) in [5.74, 6) is -0.626. The molecule has 0 aromatic carbocycles. The first-order valence-corrected chi connectivity index (χ1v) is 7.18. The molecule has 6 nitrogen and oxygen atoms in total. The Morgan fingerprint density at radius 3 is 2.72 bits per heavy atom. The maximum absolute atomic E-state index is 12.3. The van der Waals surface area contributed by atoms with E-state index in [1.165, 1.54) is 6.07 Å². The quantitative estimate of drug-likeness (QED) is 0.894. The third-order valence-corrected chi connectivity index (χ3v) is 4.80. The Morgan fingerprint density at radius 1 is 1.44 bits per heavy atom. The molecule has 0 bridgehead atoms. The molecule has 18 heavy (non-hydrogen) atoms. The first kappa shape index (κ1) is 13.1. The van der Waals surface area contributed by atoms with Crippen molar-refractivity contribution in [3.05, 3.63) is 17.9 Å². The number of nitrogens with zero attached hydrogens (tertiary/aromatic N) is 1. The van der Waals surface area contributed by atoms with E-state index in [-0.39, 0.29) is 11.6 Å². The Morgan fingerprint density at radius 2 is 2.17 bits per heavy atom. The van der Waals surface area contributed by atoms with Crippen LogP contribution in [0.3, 0.4) is 0 Å². The summed E-state index contributed by atoms with van der Waals surface area (Å²) in [6.45, 7) is 1.86. The Labute approximate surface area is 105 Å². The number of furan rings is 1. The van der Waals surface area contributed by atoms with Crippen LogP contribution in [0.25, 0.3) is 0 Å². The normalized spacial score (nSPS) is 21.9. The number of carboxylic acid groups (broad SMARTS) is 1. The van der Waals surface area contributed by atoms with Crippen molar-refractivity contribution in [3.63, 3.8) is 0 Å². The number of aliphatic carboxylic acids is 1. The highest BCUT2D eigenvalue weighted by molar-refractivity contribution is 7.89. The van der Waals surface area contributed by atoms with Gasteiger partial charge in [0.25, 0.3) is 10.0 Å². The minimum Gasteiger partial charge on any atom is -0.480 e. The molecule has 1 saturated heterocycles.